The van der Waals surface area contributed by atoms with Gasteiger partial charge in [0.1, 0.15) is 5.75 Å². The molecule has 0 saturated carbocycles. The van der Waals surface area contributed by atoms with E-state index in [4.69, 9.17) is 9.84 Å². The number of hydrogen-bond donors (Lipinski definition) is 1. The van der Waals surface area contributed by atoms with Gasteiger partial charge in [-0.1, -0.05) is 43.3 Å². The number of hydrogen-bond acceptors (Lipinski definition) is 4. The van der Waals surface area contributed by atoms with Crippen molar-refractivity contribution in [1.82, 2.24) is 0 Å². The van der Waals surface area contributed by atoms with Crippen molar-refractivity contribution in [1.29, 1.82) is 0 Å². The Morgan fingerprint density at radius 3 is 2.29 bits per heavy atom. The van der Waals surface area contributed by atoms with Crippen LogP contribution in [0, 0.1) is 0 Å². The van der Waals surface area contributed by atoms with Gasteiger partial charge in [0, 0.05) is 29.4 Å². The summed E-state index contributed by atoms with van der Waals surface area (Å²) in [5.41, 5.74) is 3.00. The van der Waals surface area contributed by atoms with Gasteiger partial charge in [-0.05, 0) is 61.4 Å². The number of anilines is 2. The van der Waals surface area contributed by atoms with Crippen LogP contribution in [0.25, 0.3) is 0 Å². The van der Waals surface area contributed by atoms with E-state index in [0.717, 1.165) is 16.9 Å². The first kappa shape index (κ1) is 24.0. The molecule has 0 aromatic heterocycles. The van der Waals surface area contributed by atoms with Crippen molar-refractivity contribution >= 4 is 29.2 Å². The van der Waals surface area contributed by atoms with E-state index in [1.807, 2.05) is 73.3 Å². The Bertz CT molecular complexity index is 1210. The number of benzene rings is 3. The Kier molecular flexibility index (Phi) is 7.15. The second kappa shape index (κ2) is 10.4. The second-order valence-electron chi connectivity index (χ2n) is 8.49. The first-order valence-corrected chi connectivity index (χ1v) is 11.6. The van der Waals surface area contributed by atoms with Crippen LogP contribution in [-0.4, -0.2) is 35.5 Å². The molecule has 7 heteroatoms. The third-order valence-corrected chi connectivity index (χ3v) is 6.16. The van der Waals surface area contributed by atoms with Crippen LogP contribution in [0.15, 0.2) is 78.9 Å². The Labute approximate surface area is 204 Å². The molecule has 1 aliphatic heterocycles. The molecule has 3 aromatic rings. The quantitative estimate of drug-likeness (QED) is 0.519. The van der Waals surface area contributed by atoms with Crippen molar-refractivity contribution in [3.05, 3.63) is 90.0 Å². The molecule has 2 amide bonds. The molecule has 0 saturated heterocycles. The van der Waals surface area contributed by atoms with Crippen LogP contribution in [0.4, 0.5) is 11.4 Å². The van der Waals surface area contributed by atoms with Gasteiger partial charge in [0.2, 0.25) is 5.91 Å². The molecule has 1 heterocycles. The largest absolute Gasteiger partial charge is 0.482 e. The predicted octanol–water partition coefficient (Wildman–Crippen LogP) is 5.07. The SMILES string of the molecule is CCC(=O)N(c1ccccc1)[C@@H]1C[C@H](C)N(C(=O)c2ccc(OCC(=O)O)cc2)c2ccccc21. The molecule has 0 unspecified atom stereocenters. The minimum atomic E-state index is -1.07. The average molecular weight is 473 g/mol. The smallest absolute Gasteiger partial charge is 0.341 e. The zero-order valence-electron chi connectivity index (χ0n) is 19.8. The van der Waals surface area contributed by atoms with Gasteiger partial charge in [-0.15, -0.1) is 0 Å². The van der Waals surface area contributed by atoms with Gasteiger partial charge in [0.25, 0.3) is 5.91 Å². The molecule has 0 spiro atoms. The molecule has 2 atom stereocenters. The Morgan fingerprint density at radius 2 is 1.63 bits per heavy atom. The van der Waals surface area contributed by atoms with Crippen molar-refractivity contribution in [2.75, 3.05) is 16.4 Å². The number of nitrogens with zero attached hydrogens (tertiary/aromatic N) is 2. The predicted molar refractivity (Wildman–Crippen MR) is 134 cm³/mol. The number of aliphatic carboxylic acids is 1. The maximum absolute atomic E-state index is 13.6. The number of carboxylic acids is 1. The topological polar surface area (TPSA) is 87.2 Å². The van der Waals surface area contributed by atoms with E-state index in [1.54, 1.807) is 29.2 Å². The summed E-state index contributed by atoms with van der Waals surface area (Å²) >= 11 is 0. The number of ether oxygens (including phenoxy) is 1. The van der Waals surface area contributed by atoms with E-state index >= 15 is 0 Å². The summed E-state index contributed by atoms with van der Waals surface area (Å²) in [6.07, 6.45) is 0.962. The highest BCUT2D eigenvalue weighted by Gasteiger charge is 2.38. The lowest BCUT2D eigenvalue weighted by molar-refractivity contribution is -0.139. The van der Waals surface area contributed by atoms with Gasteiger partial charge in [-0.3, -0.25) is 9.59 Å². The molecule has 4 rings (SSSR count). The fourth-order valence-electron chi connectivity index (χ4n) is 4.57. The van der Waals surface area contributed by atoms with Crippen LogP contribution in [0.5, 0.6) is 5.75 Å². The molecule has 0 radical (unpaired) electrons. The van der Waals surface area contributed by atoms with Gasteiger partial charge in [-0.25, -0.2) is 4.79 Å². The van der Waals surface area contributed by atoms with Crippen molar-refractivity contribution in [3.63, 3.8) is 0 Å². The first-order valence-electron chi connectivity index (χ1n) is 11.6. The van der Waals surface area contributed by atoms with Gasteiger partial charge in [-0.2, -0.15) is 0 Å². The molecule has 180 valence electrons. The molecular weight excluding hydrogens is 444 g/mol. The molecule has 1 aliphatic rings. The van der Waals surface area contributed by atoms with E-state index in [0.29, 0.717) is 24.2 Å². The second-order valence-corrected chi connectivity index (χ2v) is 8.49. The van der Waals surface area contributed by atoms with Crippen LogP contribution in [-0.2, 0) is 9.59 Å². The van der Waals surface area contributed by atoms with Crippen molar-refractivity contribution < 1.29 is 24.2 Å². The van der Waals surface area contributed by atoms with Crippen LogP contribution in [0.1, 0.15) is 48.7 Å². The van der Waals surface area contributed by atoms with Crippen molar-refractivity contribution in [2.45, 2.75) is 38.8 Å². The van der Waals surface area contributed by atoms with Crippen LogP contribution < -0.4 is 14.5 Å². The first-order chi connectivity index (χ1) is 16.9. The summed E-state index contributed by atoms with van der Waals surface area (Å²) in [4.78, 5) is 41.0. The van der Waals surface area contributed by atoms with Gasteiger partial charge < -0.3 is 19.6 Å². The Morgan fingerprint density at radius 1 is 0.971 bits per heavy atom. The van der Waals surface area contributed by atoms with Crippen molar-refractivity contribution in [2.24, 2.45) is 0 Å². The Balaban J connectivity index is 1.68. The summed E-state index contributed by atoms with van der Waals surface area (Å²) < 4.78 is 5.18. The summed E-state index contributed by atoms with van der Waals surface area (Å²) in [6, 6.07) is 23.5. The maximum atomic E-state index is 13.6. The van der Waals surface area contributed by atoms with E-state index in [-0.39, 0.29) is 23.9 Å². The molecule has 35 heavy (non-hydrogen) atoms. The van der Waals surface area contributed by atoms with Gasteiger partial charge in [0.05, 0.1) is 6.04 Å². The van der Waals surface area contributed by atoms with E-state index in [9.17, 15) is 14.4 Å². The zero-order valence-corrected chi connectivity index (χ0v) is 19.8. The Hall–Kier alpha value is -4.13. The van der Waals surface area contributed by atoms with Crippen LogP contribution in [0.3, 0.4) is 0 Å². The standard InChI is InChI=1S/C28H28N2O5/c1-3-26(31)30(21-9-5-4-6-10-21)25-17-19(2)29(24-12-8-7-11-23(24)25)28(34)20-13-15-22(16-14-20)35-18-27(32)33/h4-16,19,25H,3,17-18H2,1-2H3,(H,32,33)/t19-,25+/m0/s1. The minimum Gasteiger partial charge on any atom is -0.482 e. The van der Waals surface area contributed by atoms with Gasteiger partial charge >= 0.3 is 5.97 Å². The van der Waals surface area contributed by atoms with E-state index in [1.165, 1.54) is 0 Å². The van der Waals surface area contributed by atoms with E-state index < -0.39 is 12.6 Å². The monoisotopic (exact) mass is 472 g/mol. The average Bonchev–Trinajstić information content (AvgIpc) is 2.88. The molecule has 0 fully saturated rings. The lowest BCUT2D eigenvalue weighted by Gasteiger charge is -2.43. The lowest BCUT2D eigenvalue weighted by Crippen LogP contribution is -2.47. The number of carbonyl (C=O) groups is 3. The molecule has 3 aromatic carbocycles. The summed E-state index contributed by atoms with van der Waals surface area (Å²) in [5.74, 6) is -0.821. The molecule has 7 nitrogen and oxygen atoms in total. The number of rotatable bonds is 7. The highest BCUT2D eigenvalue weighted by atomic mass is 16.5. The number of carbonyl (C=O) groups excluding carboxylic acids is 2. The number of para-hydroxylation sites is 2. The normalized spacial score (nSPS) is 16.8. The van der Waals surface area contributed by atoms with E-state index in [2.05, 4.69) is 0 Å². The zero-order chi connectivity index (χ0) is 24.9. The number of carboxylic acid groups (broad SMARTS) is 1. The number of amides is 2. The van der Waals surface area contributed by atoms with Crippen molar-refractivity contribution in [3.8, 4) is 5.75 Å². The summed E-state index contributed by atoms with van der Waals surface area (Å²) in [6.45, 7) is 3.40. The minimum absolute atomic E-state index is 0.0277. The fourth-order valence-corrected chi connectivity index (χ4v) is 4.57. The highest BCUT2D eigenvalue weighted by molar-refractivity contribution is 6.07. The molecule has 0 bridgehead atoms. The maximum Gasteiger partial charge on any atom is 0.341 e. The summed E-state index contributed by atoms with van der Waals surface area (Å²) in [5, 5.41) is 8.78. The van der Waals surface area contributed by atoms with Crippen LogP contribution >= 0.6 is 0 Å². The highest BCUT2D eigenvalue weighted by Crippen LogP contribution is 2.43. The summed E-state index contributed by atoms with van der Waals surface area (Å²) in [7, 11) is 0. The molecule has 0 aliphatic carbocycles. The fraction of sp³-hybridized carbons (Fsp3) is 0.250. The molecular formula is C28H28N2O5. The molecule has 1 N–H and O–H groups in total. The third kappa shape index (κ3) is 5.04. The third-order valence-electron chi connectivity index (χ3n) is 6.16. The van der Waals surface area contributed by atoms with Gasteiger partial charge in [0.15, 0.2) is 6.61 Å². The number of fused-ring (bicyclic) bond motifs is 1. The van der Waals surface area contributed by atoms with Crippen LogP contribution in [0.2, 0.25) is 0 Å². The lowest BCUT2D eigenvalue weighted by atomic mass is 9.89.